The van der Waals surface area contributed by atoms with Crippen molar-refractivity contribution in [1.82, 2.24) is 5.32 Å². The molecule has 3 rings (SSSR count). The molecule has 2 atom stereocenters. The van der Waals surface area contributed by atoms with E-state index in [4.69, 9.17) is 4.74 Å². The van der Waals surface area contributed by atoms with E-state index < -0.39 is 12.1 Å². The van der Waals surface area contributed by atoms with Crippen LogP contribution in [0.5, 0.6) is 5.75 Å². The molecule has 25 heavy (non-hydrogen) atoms. The Kier molecular flexibility index (Phi) is 5.03. The molecule has 0 bridgehead atoms. The maximum Gasteiger partial charge on any atom is 0.338 e. The Morgan fingerprint density at radius 2 is 1.88 bits per heavy atom. The summed E-state index contributed by atoms with van der Waals surface area (Å²) in [4.78, 5) is 24.5. The molecule has 1 aliphatic rings. The molecule has 0 saturated carbocycles. The molecule has 0 heterocycles. The maximum absolute atomic E-state index is 12.4. The van der Waals surface area contributed by atoms with Crippen molar-refractivity contribution in [2.45, 2.75) is 38.3 Å². The fraction of sp³-hybridized carbons (Fsp3) is 0.300. The van der Waals surface area contributed by atoms with Crippen molar-refractivity contribution >= 4 is 11.9 Å². The summed E-state index contributed by atoms with van der Waals surface area (Å²) in [6, 6.07) is 13.8. The van der Waals surface area contributed by atoms with Gasteiger partial charge in [0.25, 0.3) is 5.91 Å². The van der Waals surface area contributed by atoms with E-state index in [1.807, 2.05) is 18.2 Å². The standard InChI is InChI=1S/C20H21NO4/c1-13(25-20(24)15-9-11-16(22)12-10-15)19(23)21-18-8-4-6-14-5-2-3-7-17(14)18/h2-3,5,7,9-13,18,22H,4,6,8H2,1H3,(H,21,23)/t13-,18-/m0/s1. The van der Waals surface area contributed by atoms with E-state index in [0.717, 1.165) is 24.8 Å². The third-order valence-corrected chi connectivity index (χ3v) is 4.44. The van der Waals surface area contributed by atoms with Crippen LogP contribution in [-0.4, -0.2) is 23.1 Å². The first-order valence-corrected chi connectivity index (χ1v) is 8.43. The van der Waals surface area contributed by atoms with Crippen molar-refractivity contribution in [2.75, 3.05) is 0 Å². The smallest absolute Gasteiger partial charge is 0.338 e. The second-order valence-electron chi connectivity index (χ2n) is 6.25. The number of ether oxygens (including phenoxy) is 1. The number of esters is 1. The quantitative estimate of drug-likeness (QED) is 0.839. The first kappa shape index (κ1) is 17.0. The Balaban J connectivity index is 1.62. The number of rotatable bonds is 4. The van der Waals surface area contributed by atoms with Crippen molar-refractivity contribution in [2.24, 2.45) is 0 Å². The van der Waals surface area contributed by atoms with Gasteiger partial charge in [-0.25, -0.2) is 4.79 Å². The van der Waals surface area contributed by atoms with Gasteiger partial charge in [-0.3, -0.25) is 4.79 Å². The van der Waals surface area contributed by atoms with Gasteiger partial charge < -0.3 is 15.2 Å². The average Bonchev–Trinajstić information content (AvgIpc) is 2.62. The number of phenolic OH excluding ortho intramolecular Hbond substituents is 1. The minimum Gasteiger partial charge on any atom is -0.508 e. The average molecular weight is 339 g/mol. The van der Waals surface area contributed by atoms with Crippen LogP contribution in [0.1, 0.15) is 47.3 Å². The van der Waals surface area contributed by atoms with Crippen LogP contribution in [0.2, 0.25) is 0 Å². The Bertz CT molecular complexity index is 770. The molecule has 1 amide bonds. The third kappa shape index (κ3) is 3.99. The summed E-state index contributed by atoms with van der Waals surface area (Å²) in [5, 5.41) is 12.2. The van der Waals surface area contributed by atoms with Crippen LogP contribution in [-0.2, 0) is 16.0 Å². The summed E-state index contributed by atoms with van der Waals surface area (Å²) < 4.78 is 5.23. The number of aromatic hydroxyl groups is 1. The minimum atomic E-state index is -0.893. The lowest BCUT2D eigenvalue weighted by Crippen LogP contribution is -2.39. The van der Waals surface area contributed by atoms with Gasteiger partial charge in [-0.15, -0.1) is 0 Å². The van der Waals surface area contributed by atoms with Crippen molar-refractivity contribution in [1.29, 1.82) is 0 Å². The molecule has 5 nitrogen and oxygen atoms in total. The van der Waals surface area contributed by atoms with Gasteiger partial charge in [0.2, 0.25) is 0 Å². The van der Waals surface area contributed by atoms with E-state index in [1.54, 1.807) is 6.92 Å². The summed E-state index contributed by atoms with van der Waals surface area (Å²) in [5.74, 6) is -0.834. The number of benzene rings is 2. The van der Waals surface area contributed by atoms with Gasteiger partial charge in [0.05, 0.1) is 11.6 Å². The molecule has 1 aliphatic carbocycles. The molecular formula is C20H21NO4. The van der Waals surface area contributed by atoms with Crippen LogP contribution < -0.4 is 5.32 Å². The highest BCUT2D eigenvalue weighted by molar-refractivity contribution is 5.92. The van der Waals surface area contributed by atoms with Gasteiger partial charge in [-0.1, -0.05) is 24.3 Å². The summed E-state index contributed by atoms with van der Waals surface area (Å²) in [6.45, 7) is 1.56. The Labute approximate surface area is 146 Å². The molecule has 2 aromatic rings. The van der Waals surface area contributed by atoms with Crippen molar-refractivity contribution < 1.29 is 19.4 Å². The largest absolute Gasteiger partial charge is 0.508 e. The van der Waals surface area contributed by atoms with E-state index in [1.165, 1.54) is 29.8 Å². The summed E-state index contributed by atoms with van der Waals surface area (Å²) >= 11 is 0. The zero-order chi connectivity index (χ0) is 17.8. The zero-order valence-corrected chi connectivity index (χ0v) is 14.1. The predicted molar refractivity (Wildman–Crippen MR) is 93.2 cm³/mol. The highest BCUT2D eigenvalue weighted by Gasteiger charge is 2.25. The van der Waals surface area contributed by atoms with Gasteiger partial charge >= 0.3 is 5.97 Å². The molecule has 0 radical (unpaired) electrons. The van der Waals surface area contributed by atoms with Crippen LogP contribution in [0.15, 0.2) is 48.5 Å². The van der Waals surface area contributed by atoms with E-state index in [0.29, 0.717) is 5.56 Å². The zero-order valence-electron chi connectivity index (χ0n) is 14.1. The fourth-order valence-electron chi connectivity index (χ4n) is 3.07. The van der Waals surface area contributed by atoms with Crippen molar-refractivity contribution in [3.05, 3.63) is 65.2 Å². The summed E-state index contributed by atoms with van der Waals surface area (Å²) in [5.41, 5.74) is 2.69. The third-order valence-electron chi connectivity index (χ3n) is 4.44. The lowest BCUT2D eigenvalue weighted by Gasteiger charge is -2.27. The molecule has 130 valence electrons. The number of aryl methyl sites for hydroxylation is 1. The van der Waals surface area contributed by atoms with Gasteiger partial charge in [0.15, 0.2) is 6.10 Å². The van der Waals surface area contributed by atoms with Crippen LogP contribution in [0.25, 0.3) is 0 Å². The molecule has 5 heteroatoms. The highest BCUT2D eigenvalue weighted by atomic mass is 16.5. The number of nitrogens with one attached hydrogen (secondary N) is 1. The molecular weight excluding hydrogens is 318 g/mol. The predicted octanol–water partition coefficient (Wildman–Crippen LogP) is 3.13. The van der Waals surface area contributed by atoms with Crippen LogP contribution in [0.3, 0.4) is 0 Å². The number of carbonyl (C=O) groups excluding carboxylic acids is 2. The molecule has 0 aromatic heterocycles. The number of phenols is 1. The van der Waals surface area contributed by atoms with Crippen LogP contribution in [0, 0.1) is 0 Å². The monoisotopic (exact) mass is 339 g/mol. The molecule has 0 fully saturated rings. The Morgan fingerprint density at radius 1 is 1.16 bits per heavy atom. The topological polar surface area (TPSA) is 75.6 Å². The van der Waals surface area contributed by atoms with Gasteiger partial charge in [-0.2, -0.15) is 0 Å². The first-order valence-electron chi connectivity index (χ1n) is 8.43. The molecule has 2 N–H and O–H groups in total. The normalized spacial score (nSPS) is 17.2. The lowest BCUT2D eigenvalue weighted by atomic mass is 9.87. The highest BCUT2D eigenvalue weighted by Crippen LogP contribution is 2.29. The lowest BCUT2D eigenvalue weighted by molar-refractivity contribution is -0.130. The number of fused-ring (bicyclic) bond motifs is 1. The molecule has 2 aromatic carbocycles. The minimum absolute atomic E-state index is 0.0488. The summed E-state index contributed by atoms with van der Waals surface area (Å²) in [6.07, 6.45) is 2.02. The van der Waals surface area contributed by atoms with Gasteiger partial charge in [0.1, 0.15) is 5.75 Å². The molecule has 0 saturated heterocycles. The maximum atomic E-state index is 12.4. The van der Waals surface area contributed by atoms with E-state index in [9.17, 15) is 14.7 Å². The van der Waals surface area contributed by atoms with Crippen molar-refractivity contribution in [3.8, 4) is 5.75 Å². The second-order valence-corrected chi connectivity index (χ2v) is 6.25. The molecule has 0 spiro atoms. The van der Waals surface area contributed by atoms with Gasteiger partial charge in [-0.05, 0) is 61.6 Å². The molecule has 0 aliphatic heterocycles. The Hall–Kier alpha value is -2.82. The number of carbonyl (C=O) groups is 2. The van der Waals surface area contributed by atoms with E-state index >= 15 is 0 Å². The first-order chi connectivity index (χ1) is 12.0. The summed E-state index contributed by atoms with van der Waals surface area (Å²) in [7, 11) is 0. The van der Waals surface area contributed by atoms with Crippen LogP contribution >= 0.6 is 0 Å². The SMILES string of the molecule is C[C@H](OC(=O)c1ccc(O)cc1)C(=O)N[C@H]1CCCc2ccccc21. The number of hydrogen-bond donors (Lipinski definition) is 2. The second kappa shape index (κ2) is 7.38. The number of amides is 1. The van der Waals surface area contributed by atoms with Crippen LogP contribution in [0.4, 0.5) is 0 Å². The Morgan fingerprint density at radius 3 is 2.64 bits per heavy atom. The molecule has 0 unspecified atom stereocenters. The van der Waals surface area contributed by atoms with E-state index in [-0.39, 0.29) is 17.7 Å². The van der Waals surface area contributed by atoms with E-state index in [2.05, 4.69) is 11.4 Å². The number of hydrogen-bond acceptors (Lipinski definition) is 4. The van der Waals surface area contributed by atoms with Gasteiger partial charge in [0, 0.05) is 0 Å². The van der Waals surface area contributed by atoms with Crippen molar-refractivity contribution in [3.63, 3.8) is 0 Å². The fourth-order valence-corrected chi connectivity index (χ4v) is 3.07.